The van der Waals surface area contributed by atoms with Crippen molar-refractivity contribution >= 4 is 0 Å². The molecule has 0 amide bonds. The fourth-order valence-corrected chi connectivity index (χ4v) is 6.40. The molecule has 170 valence electrons. The number of rotatable bonds is 1. The Bertz CT molecular complexity index is 1180. The molecule has 4 aromatic carbocycles. The molecule has 6 rings (SSSR count). The van der Waals surface area contributed by atoms with Gasteiger partial charge in [0.1, 0.15) is 0 Å². The van der Waals surface area contributed by atoms with Crippen molar-refractivity contribution < 1.29 is 0 Å². The van der Waals surface area contributed by atoms with Crippen LogP contribution in [0.15, 0.2) is 97.1 Å². The first-order valence-corrected chi connectivity index (χ1v) is 13.1. The maximum absolute atomic E-state index is 2.51. The highest BCUT2D eigenvalue weighted by Crippen LogP contribution is 2.41. The van der Waals surface area contributed by atoms with Gasteiger partial charge in [0, 0.05) is 5.92 Å². The van der Waals surface area contributed by atoms with Crippen molar-refractivity contribution in [3.05, 3.63) is 142 Å². The third-order valence-electron chi connectivity index (χ3n) is 7.95. The van der Waals surface area contributed by atoms with Crippen LogP contribution in [-0.2, 0) is 19.3 Å². The minimum Gasteiger partial charge on any atom is -0.0617 e. The molecule has 1 saturated carbocycles. The molecule has 0 heterocycles. The topological polar surface area (TPSA) is 0 Å². The summed E-state index contributed by atoms with van der Waals surface area (Å²) < 4.78 is 0. The second-order valence-corrected chi connectivity index (χ2v) is 10.5. The molecule has 0 N–H and O–H groups in total. The first kappa shape index (κ1) is 21.4. The zero-order valence-corrected chi connectivity index (χ0v) is 20.0. The maximum Gasteiger partial charge on any atom is 0.0118 e. The zero-order chi connectivity index (χ0) is 22.7. The van der Waals surface area contributed by atoms with E-state index in [2.05, 4.69) is 97.1 Å². The average molecular weight is 443 g/mol. The molecular weight excluding hydrogens is 408 g/mol. The largest absolute Gasteiger partial charge is 0.0617 e. The minimum atomic E-state index is 0.491. The van der Waals surface area contributed by atoms with Crippen molar-refractivity contribution in [1.82, 2.24) is 0 Å². The lowest BCUT2D eigenvalue weighted by Gasteiger charge is -2.32. The summed E-state index contributed by atoms with van der Waals surface area (Å²) in [7, 11) is 0. The van der Waals surface area contributed by atoms with Crippen molar-refractivity contribution in [2.75, 3.05) is 0 Å². The third kappa shape index (κ3) is 4.73. The van der Waals surface area contributed by atoms with E-state index >= 15 is 0 Å². The van der Waals surface area contributed by atoms with Gasteiger partial charge in [0.15, 0.2) is 0 Å². The number of benzene rings is 4. The molecule has 34 heavy (non-hydrogen) atoms. The number of hydrogen-bond acceptors (Lipinski definition) is 0. The summed E-state index contributed by atoms with van der Waals surface area (Å²) in [6.07, 6.45) is 9.84. The van der Waals surface area contributed by atoms with E-state index in [0.717, 1.165) is 25.2 Å². The second kappa shape index (κ2) is 9.63. The average Bonchev–Trinajstić information content (AvgIpc) is 2.86. The second-order valence-electron chi connectivity index (χ2n) is 10.5. The van der Waals surface area contributed by atoms with Gasteiger partial charge in [-0.2, -0.15) is 0 Å². The molecule has 1 fully saturated rings. The van der Waals surface area contributed by atoms with Gasteiger partial charge < -0.3 is 0 Å². The molecule has 2 aliphatic rings. The Labute approximate surface area is 204 Å². The predicted octanol–water partition coefficient (Wildman–Crippen LogP) is 8.48. The van der Waals surface area contributed by atoms with E-state index in [4.69, 9.17) is 0 Å². The molecule has 0 spiro atoms. The molecule has 4 aromatic rings. The summed E-state index contributed by atoms with van der Waals surface area (Å²) in [5.41, 5.74) is 11.5. The smallest absolute Gasteiger partial charge is 0.0118 e. The van der Waals surface area contributed by atoms with Crippen molar-refractivity contribution in [3.8, 4) is 0 Å². The Morgan fingerprint density at radius 1 is 0.412 bits per heavy atom. The molecule has 2 aliphatic carbocycles. The Kier molecular flexibility index (Phi) is 6.06. The Morgan fingerprint density at radius 3 is 1.24 bits per heavy atom. The van der Waals surface area contributed by atoms with Gasteiger partial charge in [-0.3, -0.25) is 0 Å². The van der Waals surface area contributed by atoms with Gasteiger partial charge in [-0.25, -0.2) is 0 Å². The highest BCUT2D eigenvalue weighted by molar-refractivity contribution is 5.41. The summed E-state index contributed by atoms with van der Waals surface area (Å²) in [5, 5.41) is 0. The van der Waals surface area contributed by atoms with Crippen LogP contribution in [0.25, 0.3) is 0 Å². The van der Waals surface area contributed by atoms with E-state index in [1.807, 2.05) is 0 Å². The van der Waals surface area contributed by atoms with E-state index in [9.17, 15) is 0 Å². The molecular formula is C34H34. The van der Waals surface area contributed by atoms with Gasteiger partial charge in [-0.1, -0.05) is 116 Å². The quantitative estimate of drug-likeness (QED) is 0.277. The predicted molar refractivity (Wildman–Crippen MR) is 143 cm³/mol. The molecule has 0 nitrogen and oxygen atoms in total. The summed E-state index contributed by atoms with van der Waals surface area (Å²) in [6, 6.07) is 37.4. The highest BCUT2D eigenvalue weighted by atomic mass is 14.3. The van der Waals surface area contributed by atoms with Crippen molar-refractivity contribution in [2.24, 2.45) is 5.92 Å². The molecule has 0 atom stereocenters. The first-order chi connectivity index (χ1) is 16.8. The maximum atomic E-state index is 2.51. The minimum absolute atomic E-state index is 0.491. The van der Waals surface area contributed by atoms with E-state index in [1.54, 1.807) is 0 Å². The first-order valence-electron chi connectivity index (χ1n) is 13.1. The summed E-state index contributed by atoms with van der Waals surface area (Å²) in [6.45, 7) is 0. The molecule has 8 bridgehead atoms. The van der Waals surface area contributed by atoms with Crippen LogP contribution in [0.5, 0.6) is 0 Å². The molecule has 0 unspecified atom stereocenters. The van der Waals surface area contributed by atoms with Crippen molar-refractivity contribution in [2.45, 2.75) is 57.3 Å². The Hall–Kier alpha value is -3.12. The van der Waals surface area contributed by atoms with Crippen LogP contribution in [0.4, 0.5) is 0 Å². The van der Waals surface area contributed by atoms with Crippen LogP contribution < -0.4 is 0 Å². The number of hydrogen-bond donors (Lipinski definition) is 0. The molecule has 0 aromatic heterocycles. The van der Waals surface area contributed by atoms with E-state index in [0.29, 0.717) is 5.92 Å². The van der Waals surface area contributed by atoms with Crippen LogP contribution >= 0.6 is 0 Å². The molecule has 0 heteroatoms. The Balaban J connectivity index is 1.49. The summed E-state index contributed by atoms with van der Waals surface area (Å²) in [4.78, 5) is 0. The standard InChI is InChI=1S/C34H34/c1-2-14-31(15-3-1)34-32-16-6-12-29(23-32)21-27-10-4-8-25(19-27)18-26-9-5-11-28(20-26)22-30-13-7-17-33(34)24-30/h4-13,16-17,19-20,23-24,31,34H,1-3,14-15,18,21-22H2. The number of fused-ring (bicyclic) bond motifs is 8. The van der Waals surface area contributed by atoms with Gasteiger partial charge in [0.25, 0.3) is 0 Å². The lowest BCUT2D eigenvalue weighted by molar-refractivity contribution is 0.327. The fraction of sp³-hybridized carbons (Fsp3) is 0.294. The zero-order valence-electron chi connectivity index (χ0n) is 20.0. The van der Waals surface area contributed by atoms with Crippen molar-refractivity contribution in [3.63, 3.8) is 0 Å². The van der Waals surface area contributed by atoms with Crippen LogP contribution in [0.3, 0.4) is 0 Å². The van der Waals surface area contributed by atoms with Crippen LogP contribution in [-0.4, -0.2) is 0 Å². The van der Waals surface area contributed by atoms with Gasteiger partial charge >= 0.3 is 0 Å². The van der Waals surface area contributed by atoms with E-state index < -0.39 is 0 Å². The van der Waals surface area contributed by atoms with Gasteiger partial charge in [-0.15, -0.1) is 0 Å². The van der Waals surface area contributed by atoms with E-state index in [1.165, 1.54) is 76.6 Å². The van der Waals surface area contributed by atoms with Gasteiger partial charge in [-0.05, 0) is 82.5 Å². The van der Waals surface area contributed by atoms with E-state index in [-0.39, 0.29) is 0 Å². The van der Waals surface area contributed by atoms with Crippen molar-refractivity contribution in [1.29, 1.82) is 0 Å². The molecule has 0 saturated heterocycles. The third-order valence-corrected chi connectivity index (χ3v) is 7.95. The summed E-state index contributed by atoms with van der Waals surface area (Å²) in [5.74, 6) is 1.23. The van der Waals surface area contributed by atoms with Crippen LogP contribution in [0, 0.1) is 5.92 Å². The monoisotopic (exact) mass is 442 g/mol. The van der Waals surface area contributed by atoms with Crippen LogP contribution in [0.1, 0.15) is 82.5 Å². The molecule has 0 radical (unpaired) electrons. The van der Waals surface area contributed by atoms with Gasteiger partial charge in [0.05, 0.1) is 0 Å². The Morgan fingerprint density at radius 2 is 0.794 bits per heavy atom. The fourth-order valence-electron chi connectivity index (χ4n) is 6.40. The molecule has 0 aliphatic heterocycles. The lowest BCUT2D eigenvalue weighted by atomic mass is 9.73. The highest BCUT2D eigenvalue weighted by Gasteiger charge is 2.27. The summed E-state index contributed by atoms with van der Waals surface area (Å²) >= 11 is 0. The SMILES string of the molecule is c1cc2cc(c1)Cc1cccc(c1)C(C1CCCCC1)c1cccc(c1)Cc1cccc(c1)C2. The lowest BCUT2D eigenvalue weighted by Crippen LogP contribution is -2.18. The normalized spacial score (nSPS) is 16.8. The van der Waals surface area contributed by atoms with Crippen LogP contribution in [0.2, 0.25) is 0 Å². The van der Waals surface area contributed by atoms with Gasteiger partial charge in [0.2, 0.25) is 0 Å².